The maximum Gasteiger partial charge on any atom is 0.361 e. The van der Waals surface area contributed by atoms with E-state index in [0.29, 0.717) is 84.3 Å². The summed E-state index contributed by atoms with van der Waals surface area (Å²) in [5, 5.41) is 0. The van der Waals surface area contributed by atoms with Gasteiger partial charge in [0.05, 0.1) is 44.6 Å². The van der Waals surface area contributed by atoms with Crippen LogP contribution < -0.4 is 20.5 Å². The molecule has 0 aliphatic rings. The topological polar surface area (TPSA) is 220 Å². The molecular weight excluding hydrogens is 842 g/mol. The molecule has 20 heteroatoms. The minimum absolute atomic E-state index is 0.00915. The van der Waals surface area contributed by atoms with Crippen LogP contribution in [0, 0.1) is 6.92 Å². The zero-order valence-corrected chi connectivity index (χ0v) is 36.6. The Kier molecular flexibility index (Phi) is 15.8. The maximum absolute atomic E-state index is 13.8. The van der Waals surface area contributed by atoms with Gasteiger partial charge in [0.25, 0.3) is 7.37 Å². The molecule has 3 aromatic carbocycles. The normalized spacial score (nSPS) is 14.4. The van der Waals surface area contributed by atoms with E-state index in [1.807, 2.05) is 42.7 Å². The van der Waals surface area contributed by atoms with Crippen LogP contribution in [0.3, 0.4) is 0 Å². The summed E-state index contributed by atoms with van der Waals surface area (Å²) in [7, 11) is -3.13. The third kappa shape index (κ3) is 13.5. The average Bonchev–Trinajstić information content (AvgIpc) is 3.86. The third-order valence-corrected chi connectivity index (χ3v) is 12.5. The van der Waals surface area contributed by atoms with Crippen molar-refractivity contribution in [2.75, 3.05) is 36.9 Å². The van der Waals surface area contributed by atoms with Crippen molar-refractivity contribution < 1.29 is 32.4 Å². The number of nitrogen functional groups attached to an aromatic ring is 2. The van der Waals surface area contributed by atoms with Crippen LogP contribution in [0.2, 0.25) is 0 Å². The molecule has 0 saturated carbocycles. The lowest BCUT2D eigenvalue weighted by Crippen LogP contribution is -2.19. The molecule has 2 unspecified atom stereocenters. The number of aryl methyl sites for hydroxylation is 1. The number of hydrogen-bond acceptors (Lipinski definition) is 15. The lowest BCUT2D eigenvalue weighted by Gasteiger charge is -2.22. The lowest BCUT2D eigenvalue weighted by atomic mass is 10.2. The van der Waals surface area contributed by atoms with Gasteiger partial charge in [0.15, 0.2) is 22.9 Å². The van der Waals surface area contributed by atoms with Gasteiger partial charge in [-0.3, -0.25) is 9.13 Å². The molecule has 0 bridgehead atoms. The Bertz CT molecular complexity index is 2550. The van der Waals surface area contributed by atoms with Crippen LogP contribution in [0.1, 0.15) is 31.4 Å². The first-order chi connectivity index (χ1) is 29.4. The standard InChI is InChI=1S/C26H32N5O4P.C15H17ClN5O3P/c1-20-9-11-22(12-10-20)16-33-13-6-14-36(32,35-23-7-4-3-5-8-23)19-34-21(2)15-31-18-30-24-25(27)28-17-29-26(24)31;1-11(7-21-9-20-13-14(17)18-8-19-15(13)21)23-10-25(16,22)24-12-5-3-2-4-6-12/h3-5,7-12,17-18,21H,6,13-16,19H2,1-2H3,(H2,27,28,29);2-6,8-9,11H,7,10H2,1H3,(H2,17,18,19)/t21-,36?;11-,25?/m11/s1. The van der Waals surface area contributed by atoms with Crippen LogP contribution in [0.4, 0.5) is 11.6 Å². The molecule has 0 radical (unpaired) electrons. The molecule has 0 amide bonds. The fraction of sp³-hybridized carbons (Fsp3) is 0.317. The molecule has 0 fully saturated rings. The zero-order chi connectivity index (χ0) is 43.2. The van der Waals surface area contributed by atoms with Crippen molar-refractivity contribution in [3.05, 3.63) is 121 Å². The first kappa shape index (κ1) is 45.1. The molecule has 7 aromatic rings. The second-order valence-electron chi connectivity index (χ2n) is 14.2. The van der Waals surface area contributed by atoms with E-state index in [-0.39, 0.29) is 24.9 Å². The molecule has 0 aliphatic heterocycles. The Morgan fingerprint density at radius 3 is 1.72 bits per heavy atom. The first-order valence-corrected chi connectivity index (χ1v) is 24.1. The Morgan fingerprint density at radius 1 is 0.672 bits per heavy atom. The number of imidazole rings is 2. The molecule has 0 saturated heterocycles. The molecule has 4 N–H and O–H groups in total. The third-order valence-electron chi connectivity index (χ3n) is 9.01. The van der Waals surface area contributed by atoms with Crippen LogP contribution in [0.15, 0.2) is 110 Å². The number of anilines is 2. The second-order valence-corrected chi connectivity index (χ2v) is 19.9. The lowest BCUT2D eigenvalue weighted by molar-refractivity contribution is 0.0825. The SMILES string of the molecule is C[C@H](Cn1cnc2c(N)ncnc21)OCP(=O)(Cl)Oc1ccccc1.Cc1ccc(COCCCP(=O)(CO[C@H](C)Cn2cnc3c(N)ncnc32)Oc2ccccc2)cc1. The van der Waals surface area contributed by atoms with E-state index in [0.717, 1.165) is 5.56 Å². The van der Waals surface area contributed by atoms with E-state index < -0.39 is 14.1 Å². The van der Waals surface area contributed by atoms with Gasteiger partial charge >= 0.3 is 6.72 Å². The molecular formula is C41H49ClN10O7P2. The summed E-state index contributed by atoms with van der Waals surface area (Å²) >= 11 is 5.96. The Labute approximate surface area is 358 Å². The van der Waals surface area contributed by atoms with Crippen molar-refractivity contribution in [3.63, 3.8) is 0 Å². The van der Waals surface area contributed by atoms with E-state index in [1.54, 1.807) is 53.6 Å². The quantitative estimate of drug-likeness (QED) is 0.0543. The molecule has 4 heterocycles. The number of aromatic nitrogens is 8. The summed E-state index contributed by atoms with van der Waals surface area (Å²) in [5.74, 6) is 1.65. The first-order valence-electron chi connectivity index (χ1n) is 19.4. The van der Waals surface area contributed by atoms with Gasteiger partial charge in [0, 0.05) is 12.8 Å². The molecule has 61 heavy (non-hydrogen) atoms. The van der Waals surface area contributed by atoms with Gasteiger partial charge in [-0.15, -0.1) is 0 Å². The fourth-order valence-corrected chi connectivity index (χ4v) is 9.14. The molecule has 17 nitrogen and oxygen atoms in total. The van der Waals surface area contributed by atoms with E-state index in [4.69, 9.17) is 46.0 Å². The molecule has 0 aliphatic carbocycles. The second kappa shape index (κ2) is 21.4. The van der Waals surface area contributed by atoms with E-state index in [1.165, 1.54) is 18.2 Å². The minimum atomic E-state index is -3.43. The number of halogens is 1. The van der Waals surface area contributed by atoms with E-state index in [2.05, 4.69) is 61.1 Å². The van der Waals surface area contributed by atoms with Gasteiger partial charge in [-0.05, 0) is 68.3 Å². The summed E-state index contributed by atoms with van der Waals surface area (Å²) < 4.78 is 58.4. The van der Waals surface area contributed by atoms with Crippen molar-refractivity contribution in [3.8, 4) is 11.5 Å². The summed E-state index contributed by atoms with van der Waals surface area (Å²) in [5.41, 5.74) is 16.3. The smallest absolute Gasteiger partial charge is 0.361 e. The summed E-state index contributed by atoms with van der Waals surface area (Å²) in [4.78, 5) is 24.8. The van der Waals surface area contributed by atoms with Gasteiger partial charge in [-0.1, -0.05) is 66.2 Å². The van der Waals surface area contributed by atoms with Crippen LogP contribution in [-0.4, -0.2) is 76.7 Å². The van der Waals surface area contributed by atoms with Crippen molar-refractivity contribution in [1.82, 2.24) is 39.0 Å². The highest BCUT2D eigenvalue weighted by molar-refractivity contribution is 7.85. The van der Waals surface area contributed by atoms with Gasteiger partial charge in [-0.2, -0.15) is 0 Å². The van der Waals surface area contributed by atoms with Crippen molar-refractivity contribution >= 4 is 59.3 Å². The summed E-state index contributed by atoms with van der Waals surface area (Å²) in [6, 6.07) is 26.2. The molecule has 0 spiro atoms. The highest BCUT2D eigenvalue weighted by Crippen LogP contribution is 2.52. The predicted molar refractivity (Wildman–Crippen MR) is 236 cm³/mol. The Morgan fingerprint density at radius 2 is 1.18 bits per heavy atom. The zero-order valence-electron chi connectivity index (χ0n) is 34.1. The molecule has 4 atom stereocenters. The Hall–Kier alpha value is -5.41. The Balaban J connectivity index is 0.000000218. The average molecular weight is 891 g/mol. The van der Waals surface area contributed by atoms with E-state index >= 15 is 0 Å². The predicted octanol–water partition coefficient (Wildman–Crippen LogP) is 8.33. The van der Waals surface area contributed by atoms with E-state index in [9.17, 15) is 9.13 Å². The maximum atomic E-state index is 13.8. The fourth-order valence-electron chi connectivity index (χ4n) is 5.94. The minimum Gasteiger partial charge on any atom is -0.441 e. The number of fused-ring (bicyclic) bond motifs is 2. The van der Waals surface area contributed by atoms with Crippen molar-refractivity contribution in [1.29, 1.82) is 0 Å². The summed E-state index contributed by atoms with van der Waals surface area (Å²) in [6.07, 6.45) is 6.21. The highest BCUT2D eigenvalue weighted by atomic mass is 35.7. The largest absolute Gasteiger partial charge is 0.441 e. The number of para-hydroxylation sites is 2. The number of nitrogens with zero attached hydrogens (tertiary/aromatic N) is 8. The van der Waals surface area contributed by atoms with Crippen LogP contribution in [0.5, 0.6) is 11.5 Å². The van der Waals surface area contributed by atoms with Crippen molar-refractivity contribution in [2.24, 2.45) is 0 Å². The molecule has 322 valence electrons. The number of ether oxygens (including phenoxy) is 3. The van der Waals surface area contributed by atoms with Gasteiger partial charge in [0.1, 0.15) is 47.9 Å². The number of benzene rings is 3. The van der Waals surface area contributed by atoms with Gasteiger partial charge in [-0.25, -0.2) is 29.9 Å². The number of rotatable bonds is 20. The van der Waals surface area contributed by atoms with Gasteiger partial charge in [0.2, 0.25) is 0 Å². The highest BCUT2D eigenvalue weighted by Gasteiger charge is 2.27. The monoisotopic (exact) mass is 890 g/mol. The van der Waals surface area contributed by atoms with Gasteiger partial charge < -0.3 is 43.9 Å². The summed E-state index contributed by atoms with van der Waals surface area (Å²) in [6.45, 7) is 4.27. The molecule has 4 aromatic heterocycles. The van der Waals surface area contributed by atoms with Crippen molar-refractivity contribution in [2.45, 2.75) is 59.1 Å². The van der Waals surface area contributed by atoms with Crippen LogP contribution >= 0.6 is 25.3 Å². The molecule has 7 rings (SSSR count). The number of hydrogen-bond donors (Lipinski definition) is 2. The van der Waals surface area contributed by atoms with Crippen LogP contribution in [-0.2, 0) is 43.0 Å². The number of nitrogens with two attached hydrogens (primary N) is 2. The van der Waals surface area contributed by atoms with Crippen LogP contribution in [0.25, 0.3) is 22.3 Å².